The molecular weight excluding hydrogens is 375 g/mol. The summed E-state index contributed by atoms with van der Waals surface area (Å²) in [5, 5.41) is 0. The number of hydrogen-bond donors (Lipinski definition) is 0. The van der Waals surface area contributed by atoms with Crippen LogP contribution in [0.15, 0.2) is 54.6 Å². The first kappa shape index (κ1) is 19.8. The molecule has 1 aromatic heterocycles. The van der Waals surface area contributed by atoms with E-state index in [0.29, 0.717) is 11.5 Å². The normalized spacial score (nSPS) is 11.0. The highest BCUT2D eigenvalue weighted by molar-refractivity contribution is 7.12. The van der Waals surface area contributed by atoms with Gasteiger partial charge in [-0.15, -0.1) is 11.3 Å². The van der Waals surface area contributed by atoms with E-state index in [2.05, 4.69) is 0 Å². The first-order valence-electron chi connectivity index (χ1n) is 8.81. The molecule has 0 saturated heterocycles. The number of hydrogen-bond acceptors (Lipinski definition) is 4. The average molecular weight is 396 g/mol. The molecule has 1 heterocycles. The second-order valence-corrected chi connectivity index (χ2v) is 7.80. The lowest BCUT2D eigenvalue weighted by molar-refractivity contribution is 0.104. The number of halogens is 1. The van der Waals surface area contributed by atoms with Crippen LogP contribution in [-0.2, 0) is 6.61 Å². The summed E-state index contributed by atoms with van der Waals surface area (Å²) in [6.45, 7) is 4.22. The van der Waals surface area contributed by atoms with Crippen molar-refractivity contribution in [1.29, 1.82) is 0 Å². The predicted molar refractivity (Wildman–Crippen MR) is 111 cm³/mol. The molecule has 3 aromatic rings. The Morgan fingerprint density at radius 1 is 1.11 bits per heavy atom. The van der Waals surface area contributed by atoms with Gasteiger partial charge in [0, 0.05) is 20.9 Å². The second-order valence-electron chi connectivity index (χ2n) is 6.34. The van der Waals surface area contributed by atoms with Crippen molar-refractivity contribution in [2.75, 3.05) is 7.11 Å². The van der Waals surface area contributed by atoms with Gasteiger partial charge in [-0.05, 0) is 68.0 Å². The summed E-state index contributed by atoms with van der Waals surface area (Å²) < 4.78 is 24.1. The van der Waals surface area contributed by atoms with Gasteiger partial charge in [-0.1, -0.05) is 12.1 Å². The van der Waals surface area contributed by atoms with Gasteiger partial charge in [0.2, 0.25) is 0 Å². The zero-order chi connectivity index (χ0) is 20.1. The van der Waals surface area contributed by atoms with Crippen LogP contribution in [0.2, 0.25) is 0 Å². The van der Waals surface area contributed by atoms with Gasteiger partial charge in [0.15, 0.2) is 5.78 Å². The molecule has 3 rings (SSSR count). The lowest BCUT2D eigenvalue weighted by Crippen LogP contribution is -1.99. The maximum absolute atomic E-state index is 13.0. The minimum absolute atomic E-state index is 0.0122. The molecule has 0 fully saturated rings. The van der Waals surface area contributed by atoms with E-state index < -0.39 is 0 Å². The van der Waals surface area contributed by atoms with Crippen LogP contribution in [-0.4, -0.2) is 12.9 Å². The Morgan fingerprint density at radius 2 is 1.86 bits per heavy atom. The third-order valence-corrected chi connectivity index (χ3v) is 5.21. The molecule has 0 spiro atoms. The SMILES string of the molecule is COc1ccc(/C=C/C(=O)c2cc(C)sc2C)cc1COc1ccc(F)cc1. The van der Waals surface area contributed by atoms with Crippen molar-refractivity contribution in [3.05, 3.63) is 86.9 Å². The Hall–Kier alpha value is -2.92. The van der Waals surface area contributed by atoms with Crippen molar-refractivity contribution in [3.63, 3.8) is 0 Å². The lowest BCUT2D eigenvalue weighted by atomic mass is 10.1. The molecule has 3 nitrogen and oxygen atoms in total. The van der Waals surface area contributed by atoms with E-state index in [1.54, 1.807) is 42.7 Å². The van der Waals surface area contributed by atoms with Crippen LogP contribution in [0.5, 0.6) is 11.5 Å². The van der Waals surface area contributed by atoms with Gasteiger partial charge >= 0.3 is 0 Å². The molecule has 0 N–H and O–H groups in total. The van der Waals surface area contributed by atoms with Crippen LogP contribution >= 0.6 is 11.3 Å². The fraction of sp³-hybridized carbons (Fsp3) is 0.174. The molecule has 0 radical (unpaired) electrons. The number of carbonyl (C=O) groups excluding carboxylic acids is 1. The smallest absolute Gasteiger partial charge is 0.186 e. The molecular formula is C23H21FO3S. The third kappa shape index (κ3) is 4.87. The fourth-order valence-electron chi connectivity index (χ4n) is 2.84. The van der Waals surface area contributed by atoms with Crippen LogP contribution in [0.25, 0.3) is 6.08 Å². The number of aryl methyl sites for hydroxylation is 2. The molecule has 0 unspecified atom stereocenters. The molecule has 0 aliphatic carbocycles. The first-order chi connectivity index (χ1) is 13.5. The topological polar surface area (TPSA) is 35.5 Å². The van der Waals surface area contributed by atoms with Crippen LogP contribution in [0.3, 0.4) is 0 Å². The van der Waals surface area contributed by atoms with E-state index in [1.807, 2.05) is 38.1 Å². The van der Waals surface area contributed by atoms with Crippen molar-refractivity contribution in [1.82, 2.24) is 0 Å². The van der Waals surface area contributed by atoms with Crippen molar-refractivity contribution in [2.24, 2.45) is 0 Å². The number of ketones is 1. The monoisotopic (exact) mass is 396 g/mol. The molecule has 144 valence electrons. The van der Waals surface area contributed by atoms with Crippen molar-refractivity contribution >= 4 is 23.2 Å². The van der Waals surface area contributed by atoms with E-state index in [4.69, 9.17) is 9.47 Å². The molecule has 0 aliphatic rings. The van der Waals surface area contributed by atoms with Gasteiger partial charge in [0.1, 0.15) is 23.9 Å². The van der Waals surface area contributed by atoms with E-state index in [9.17, 15) is 9.18 Å². The van der Waals surface area contributed by atoms with Gasteiger partial charge in [-0.3, -0.25) is 4.79 Å². The van der Waals surface area contributed by atoms with Crippen LogP contribution < -0.4 is 9.47 Å². The molecule has 2 aromatic carbocycles. The number of thiophene rings is 1. The molecule has 0 aliphatic heterocycles. The predicted octanol–water partition coefficient (Wildman–Crippen LogP) is 5.99. The maximum Gasteiger partial charge on any atom is 0.186 e. The van der Waals surface area contributed by atoms with E-state index in [-0.39, 0.29) is 18.2 Å². The summed E-state index contributed by atoms with van der Waals surface area (Å²) in [7, 11) is 1.59. The Kier molecular flexibility index (Phi) is 6.26. The first-order valence-corrected chi connectivity index (χ1v) is 9.62. The van der Waals surface area contributed by atoms with Gasteiger partial charge in [0.05, 0.1) is 7.11 Å². The standard InChI is InChI=1S/C23H21FO3S/c1-15-12-21(16(2)28-15)22(25)10-4-17-5-11-23(26-3)18(13-17)14-27-20-8-6-19(24)7-9-20/h4-13H,14H2,1-3H3/b10-4+. The van der Waals surface area contributed by atoms with Crippen molar-refractivity contribution in [3.8, 4) is 11.5 Å². The van der Waals surface area contributed by atoms with Gasteiger partial charge in [0.25, 0.3) is 0 Å². The molecule has 28 heavy (non-hydrogen) atoms. The minimum Gasteiger partial charge on any atom is -0.496 e. The van der Waals surface area contributed by atoms with Crippen LogP contribution in [0.1, 0.15) is 31.2 Å². The molecule has 0 atom stereocenters. The van der Waals surface area contributed by atoms with E-state index in [0.717, 1.165) is 26.4 Å². The summed E-state index contributed by atoms with van der Waals surface area (Å²) in [6.07, 6.45) is 3.37. The van der Waals surface area contributed by atoms with Gasteiger partial charge in [-0.25, -0.2) is 4.39 Å². The van der Waals surface area contributed by atoms with E-state index in [1.165, 1.54) is 12.1 Å². The number of allylic oxidation sites excluding steroid dienone is 1. The second kappa shape index (κ2) is 8.85. The maximum atomic E-state index is 13.0. The Balaban J connectivity index is 1.75. The summed E-state index contributed by atoms with van der Waals surface area (Å²) in [4.78, 5) is 14.6. The highest BCUT2D eigenvalue weighted by Gasteiger charge is 2.10. The van der Waals surface area contributed by atoms with Crippen LogP contribution in [0, 0.1) is 19.7 Å². The summed E-state index contributed by atoms with van der Waals surface area (Å²) >= 11 is 1.62. The van der Waals surface area contributed by atoms with Gasteiger partial charge < -0.3 is 9.47 Å². The Bertz CT molecular complexity index is 1000. The third-order valence-electron chi connectivity index (χ3n) is 4.25. The highest BCUT2D eigenvalue weighted by Crippen LogP contribution is 2.24. The molecule has 0 bridgehead atoms. The number of carbonyl (C=O) groups is 1. The van der Waals surface area contributed by atoms with Crippen molar-refractivity contribution in [2.45, 2.75) is 20.5 Å². The van der Waals surface area contributed by atoms with Crippen molar-refractivity contribution < 1.29 is 18.7 Å². The number of methoxy groups -OCH3 is 1. The number of ether oxygens (including phenoxy) is 2. The zero-order valence-electron chi connectivity index (χ0n) is 16.0. The highest BCUT2D eigenvalue weighted by atomic mass is 32.1. The largest absolute Gasteiger partial charge is 0.496 e. The van der Waals surface area contributed by atoms with E-state index >= 15 is 0 Å². The van der Waals surface area contributed by atoms with Gasteiger partial charge in [-0.2, -0.15) is 0 Å². The minimum atomic E-state index is -0.308. The molecule has 0 saturated carbocycles. The number of benzene rings is 2. The molecule has 0 amide bonds. The van der Waals surface area contributed by atoms with Crippen LogP contribution in [0.4, 0.5) is 4.39 Å². The summed E-state index contributed by atoms with van der Waals surface area (Å²) in [5.74, 6) is 0.942. The summed E-state index contributed by atoms with van der Waals surface area (Å²) in [5.41, 5.74) is 2.45. The Labute approximate surface area is 168 Å². The summed E-state index contributed by atoms with van der Waals surface area (Å²) in [6, 6.07) is 13.4. The zero-order valence-corrected chi connectivity index (χ0v) is 16.8. The Morgan fingerprint density at radius 3 is 2.50 bits per heavy atom. The fourth-order valence-corrected chi connectivity index (χ4v) is 3.77. The average Bonchev–Trinajstić information content (AvgIpc) is 3.04. The number of rotatable bonds is 7. The quantitative estimate of drug-likeness (QED) is 0.364. The lowest BCUT2D eigenvalue weighted by Gasteiger charge is -2.11. The molecule has 5 heteroatoms.